The van der Waals surface area contributed by atoms with Gasteiger partial charge in [-0.3, -0.25) is 28.8 Å². The first-order chi connectivity index (χ1) is 15.8. The van der Waals surface area contributed by atoms with E-state index in [0.717, 1.165) is 26.7 Å². The fourth-order valence-electron chi connectivity index (χ4n) is 3.38. The van der Waals surface area contributed by atoms with Crippen LogP contribution in [0.5, 0.6) is 0 Å². The van der Waals surface area contributed by atoms with Crippen LogP contribution in [-0.4, -0.2) is 37.9 Å². The molecule has 0 bridgehead atoms. The standard InChI is InChI=1S/C23H19BrN4O4S/c1-14-20(22(31)28(26(14)2)17-6-4-3-5-7-17)25-19(29)13-27-21(30)18(33-23(27)32)12-15-8-10-16(24)11-9-15/h3-12H,13H2,1-2H3,(H,25,29)/b18-12+. The number of anilines is 1. The van der Waals surface area contributed by atoms with Crippen LogP contribution in [0.25, 0.3) is 11.8 Å². The van der Waals surface area contributed by atoms with Gasteiger partial charge in [0.2, 0.25) is 5.91 Å². The van der Waals surface area contributed by atoms with Crippen LogP contribution in [-0.2, 0) is 16.6 Å². The largest absolute Gasteiger partial charge is 0.318 e. The van der Waals surface area contributed by atoms with E-state index < -0.39 is 29.2 Å². The summed E-state index contributed by atoms with van der Waals surface area (Å²) in [5, 5.41) is 2.04. The second kappa shape index (κ2) is 9.24. The van der Waals surface area contributed by atoms with Crippen molar-refractivity contribution in [2.45, 2.75) is 6.92 Å². The number of hydrogen-bond donors (Lipinski definition) is 1. The molecule has 168 valence electrons. The third-order valence-electron chi connectivity index (χ3n) is 5.16. The molecule has 3 amide bonds. The summed E-state index contributed by atoms with van der Waals surface area (Å²) < 4.78 is 3.97. The van der Waals surface area contributed by atoms with Crippen LogP contribution in [0, 0.1) is 6.92 Å². The number of nitrogens with one attached hydrogen (secondary N) is 1. The van der Waals surface area contributed by atoms with Crippen LogP contribution in [0.2, 0.25) is 0 Å². The Kier molecular flexibility index (Phi) is 6.39. The van der Waals surface area contributed by atoms with Gasteiger partial charge in [-0.05, 0) is 54.6 Å². The number of thioether (sulfide) groups is 1. The molecule has 0 radical (unpaired) electrons. The molecular formula is C23H19BrN4O4S. The number of para-hydroxylation sites is 1. The van der Waals surface area contributed by atoms with Crippen molar-refractivity contribution >= 4 is 56.5 Å². The van der Waals surface area contributed by atoms with E-state index in [2.05, 4.69) is 21.2 Å². The Morgan fingerprint density at radius 1 is 1.06 bits per heavy atom. The Hall–Kier alpha value is -3.37. The van der Waals surface area contributed by atoms with Gasteiger partial charge in [-0.1, -0.05) is 46.3 Å². The van der Waals surface area contributed by atoms with Crippen molar-refractivity contribution in [3.05, 3.63) is 85.6 Å². The van der Waals surface area contributed by atoms with E-state index >= 15 is 0 Å². The highest BCUT2D eigenvalue weighted by molar-refractivity contribution is 9.10. The van der Waals surface area contributed by atoms with Crippen LogP contribution in [0.4, 0.5) is 10.5 Å². The minimum Gasteiger partial charge on any atom is -0.318 e. The molecule has 1 fully saturated rings. The van der Waals surface area contributed by atoms with Crippen LogP contribution in [0.1, 0.15) is 11.3 Å². The van der Waals surface area contributed by atoms with E-state index in [-0.39, 0.29) is 10.6 Å². The minimum absolute atomic E-state index is 0.101. The normalized spacial score (nSPS) is 14.9. The van der Waals surface area contributed by atoms with E-state index in [9.17, 15) is 19.2 Å². The third kappa shape index (κ3) is 4.57. The molecule has 1 aliphatic rings. The number of amides is 3. The minimum atomic E-state index is -0.631. The predicted molar refractivity (Wildman–Crippen MR) is 131 cm³/mol. The lowest BCUT2D eigenvalue weighted by molar-refractivity contribution is -0.127. The fraction of sp³-hybridized carbons (Fsp3) is 0.130. The Balaban J connectivity index is 1.52. The molecule has 0 aliphatic carbocycles. The lowest BCUT2D eigenvalue weighted by Gasteiger charge is -2.11. The van der Waals surface area contributed by atoms with Crippen LogP contribution >= 0.6 is 27.7 Å². The number of aromatic nitrogens is 2. The highest BCUT2D eigenvalue weighted by Crippen LogP contribution is 2.32. The van der Waals surface area contributed by atoms with Crippen molar-refractivity contribution in [2.24, 2.45) is 7.05 Å². The summed E-state index contributed by atoms with van der Waals surface area (Å²) in [6.45, 7) is 1.22. The Morgan fingerprint density at radius 3 is 2.39 bits per heavy atom. The summed E-state index contributed by atoms with van der Waals surface area (Å²) in [7, 11) is 1.71. The summed E-state index contributed by atoms with van der Waals surface area (Å²) in [5.74, 6) is -1.18. The number of halogens is 1. The number of benzene rings is 2. The molecule has 2 heterocycles. The van der Waals surface area contributed by atoms with Crippen LogP contribution < -0.4 is 10.9 Å². The van der Waals surface area contributed by atoms with Gasteiger partial charge in [-0.2, -0.15) is 0 Å². The molecule has 0 spiro atoms. The van der Waals surface area contributed by atoms with Crippen molar-refractivity contribution in [3.8, 4) is 5.69 Å². The predicted octanol–water partition coefficient (Wildman–Crippen LogP) is 3.92. The van der Waals surface area contributed by atoms with Gasteiger partial charge in [0.05, 0.1) is 16.3 Å². The molecule has 1 aliphatic heterocycles. The molecule has 10 heteroatoms. The smallest absolute Gasteiger partial charge is 0.295 e. The highest BCUT2D eigenvalue weighted by atomic mass is 79.9. The van der Waals surface area contributed by atoms with Crippen LogP contribution in [0.3, 0.4) is 0 Å². The maximum atomic E-state index is 13.0. The van der Waals surface area contributed by atoms with E-state index in [1.165, 1.54) is 4.68 Å². The van der Waals surface area contributed by atoms with Crippen molar-refractivity contribution in [2.75, 3.05) is 11.9 Å². The molecule has 0 unspecified atom stereocenters. The first-order valence-electron chi connectivity index (χ1n) is 9.91. The molecule has 33 heavy (non-hydrogen) atoms. The maximum absolute atomic E-state index is 13.0. The Bertz CT molecular complexity index is 1340. The van der Waals surface area contributed by atoms with Crippen molar-refractivity contribution in [1.82, 2.24) is 14.3 Å². The maximum Gasteiger partial charge on any atom is 0.295 e. The zero-order chi connectivity index (χ0) is 23.7. The SMILES string of the molecule is Cc1c(NC(=O)CN2C(=O)S/C(=C/c3ccc(Br)cc3)C2=O)c(=O)n(-c2ccccc2)n1C. The van der Waals surface area contributed by atoms with E-state index in [1.54, 1.807) is 49.0 Å². The number of carbonyl (C=O) groups excluding carboxylic acids is 3. The number of hydrogen-bond acceptors (Lipinski definition) is 5. The Labute approximate surface area is 202 Å². The van der Waals surface area contributed by atoms with Crippen molar-refractivity contribution < 1.29 is 14.4 Å². The van der Waals surface area contributed by atoms with Gasteiger partial charge >= 0.3 is 0 Å². The average Bonchev–Trinajstić information content (AvgIpc) is 3.17. The number of carbonyl (C=O) groups is 3. The molecule has 4 rings (SSSR count). The number of nitrogens with zero attached hydrogens (tertiary/aromatic N) is 3. The zero-order valence-corrected chi connectivity index (χ0v) is 20.1. The molecule has 2 aromatic carbocycles. The lowest BCUT2D eigenvalue weighted by Crippen LogP contribution is -2.37. The van der Waals surface area contributed by atoms with E-state index in [4.69, 9.17) is 0 Å². The summed E-state index contributed by atoms with van der Waals surface area (Å²) in [6.07, 6.45) is 1.61. The van der Waals surface area contributed by atoms with Gasteiger partial charge in [0.25, 0.3) is 16.7 Å². The molecule has 1 saturated heterocycles. The third-order valence-corrected chi connectivity index (χ3v) is 6.60. The van der Waals surface area contributed by atoms with Gasteiger partial charge in [0.1, 0.15) is 12.2 Å². The quantitative estimate of drug-likeness (QED) is 0.508. The second-order valence-corrected chi connectivity index (χ2v) is 9.21. The van der Waals surface area contributed by atoms with Gasteiger partial charge in [0.15, 0.2) is 0 Å². The van der Waals surface area contributed by atoms with Gasteiger partial charge < -0.3 is 5.32 Å². The molecular weight excluding hydrogens is 508 g/mol. The van der Waals surface area contributed by atoms with E-state index in [1.807, 2.05) is 30.3 Å². The fourth-order valence-corrected chi connectivity index (χ4v) is 4.48. The first-order valence-corrected chi connectivity index (χ1v) is 11.5. The van der Waals surface area contributed by atoms with Gasteiger partial charge in [-0.25, -0.2) is 4.68 Å². The molecule has 3 aromatic rings. The van der Waals surface area contributed by atoms with Crippen LogP contribution in [0.15, 0.2) is 68.8 Å². The molecule has 1 aromatic heterocycles. The van der Waals surface area contributed by atoms with Crippen molar-refractivity contribution in [3.63, 3.8) is 0 Å². The molecule has 0 saturated carbocycles. The summed E-state index contributed by atoms with van der Waals surface area (Å²) in [5.41, 5.74) is 1.65. The molecule has 8 nitrogen and oxygen atoms in total. The van der Waals surface area contributed by atoms with Gasteiger partial charge in [-0.15, -0.1) is 0 Å². The first kappa shape index (κ1) is 22.8. The number of imide groups is 1. The highest BCUT2D eigenvalue weighted by Gasteiger charge is 2.36. The molecule has 0 atom stereocenters. The van der Waals surface area contributed by atoms with Gasteiger partial charge in [0, 0.05) is 11.5 Å². The van der Waals surface area contributed by atoms with E-state index in [0.29, 0.717) is 11.4 Å². The summed E-state index contributed by atoms with van der Waals surface area (Å²) >= 11 is 4.12. The summed E-state index contributed by atoms with van der Waals surface area (Å²) in [6, 6.07) is 16.3. The molecule has 1 N–H and O–H groups in total. The van der Waals surface area contributed by atoms with Crippen molar-refractivity contribution in [1.29, 1.82) is 0 Å². The topological polar surface area (TPSA) is 93.4 Å². The zero-order valence-electron chi connectivity index (χ0n) is 17.7. The Morgan fingerprint density at radius 2 is 1.73 bits per heavy atom. The second-order valence-electron chi connectivity index (χ2n) is 7.30. The lowest BCUT2D eigenvalue weighted by atomic mass is 10.2. The monoisotopic (exact) mass is 526 g/mol. The average molecular weight is 527 g/mol. The summed E-state index contributed by atoms with van der Waals surface area (Å²) in [4.78, 5) is 51.8. The number of rotatable bonds is 5.